The molecule has 1 aliphatic rings. The van der Waals surface area contributed by atoms with Crippen molar-refractivity contribution in [3.05, 3.63) is 65.4 Å². The fourth-order valence-electron chi connectivity index (χ4n) is 3.93. The van der Waals surface area contributed by atoms with Gasteiger partial charge in [-0.3, -0.25) is 4.79 Å². The number of nitrogens with one attached hydrogen (secondary N) is 2. The van der Waals surface area contributed by atoms with E-state index in [0.29, 0.717) is 31.2 Å². The summed E-state index contributed by atoms with van der Waals surface area (Å²) in [7, 11) is -3.53. The minimum Gasteiger partial charge on any atom is -0.350 e. The van der Waals surface area contributed by atoms with Gasteiger partial charge in [-0.1, -0.05) is 37.3 Å². The number of rotatable bonds is 5. The number of nitrogens with zero attached hydrogens (tertiary/aromatic N) is 1. The van der Waals surface area contributed by atoms with Crippen molar-refractivity contribution in [3.8, 4) is 0 Å². The first-order valence-corrected chi connectivity index (χ1v) is 11.7. The number of H-pyrrole nitrogens is 1. The number of carbonyl (C=O) groups is 1. The Morgan fingerprint density at radius 1 is 1.13 bits per heavy atom. The van der Waals surface area contributed by atoms with Crippen LogP contribution in [-0.2, 0) is 16.6 Å². The number of benzene rings is 2. The first-order valence-electron chi connectivity index (χ1n) is 10.3. The maximum Gasteiger partial charge on any atom is 0.268 e. The first kappa shape index (κ1) is 20.6. The quantitative estimate of drug-likeness (QED) is 0.652. The second kappa shape index (κ2) is 8.24. The summed E-state index contributed by atoms with van der Waals surface area (Å²) in [6.07, 6.45) is 1.77. The van der Waals surface area contributed by atoms with Gasteiger partial charge in [-0.15, -0.1) is 0 Å². The van der Waals surface area contributed by atoms with Crippen molar-refractivity contribution in [1.29, 1.82) is 0 Å². The summed E-state index contributed by atoms with van der Waals surface area (Å²) in [4.78, 5) is 16.1. The Hall–Kier alpha value is -2.64. The van der Waals surface area contributed by atoms with Crippen LogP contribution in [0.2, 0.25) is 0 Å². The predicted octanol–water partition coefficient (Wildman–Crippen LogP) is 3.83. The van der Waals surface area contributed by atoms with Gasteiger partial charge in [-0.25, -0.2) is 8.42 Å². The molecule has 0 radical (unpaired) electrons. The van der Waals surface area contributed by atoms with Crippen LogP contribution in [0.3, 0.4) is 0 Å². The van der Waals surface area contributed by atoms with E-state index in [4.69, 9.17) is 0 Å². The van der Waals surface area contributed by atoms with Gasteiger partial charge in [0, 0.05) is 30.5 Å². The lowest BCUT2D eigenvalue weighted by Crippen LogP contribution is -2.37. The summed E-state index contributed by atoms with van der Waals surface area (Å²) in [5.74, 6) is 0.352. The van der Waals surface area contributed by atoms with E-state index in [1.807, 2.05) is 37.3 Å². The standard InChI is InChI=1S/C23H27N3O3S/c1-16-10-12-26(13-11-16)30(28,29)19-8-9-21-20(14-19)17(2)22(25-21)23(27)24-15-18-6-4-3-5-7-18/h3-9,14,16,25H,10-13,15H2,1-2H3,(H,24,27). The van der Waals surface area contributed by atoms with Gasteiger partial charge in [0.1, 0.15) is 5.69 Å². The largest absolute Gasteiger partial charge is 0.350 e. The molecule has 0 unspecified atom stereocenters. The number of amides is 1. The minimum atomic E-state index is -3.53. The SMILES string of the molecule is Cc1c(C(=O)NCc2ccccc2)[nH]c2ccc(S(=O)(=O)N3CCC(C)CC3)cc12. The monoisotopic (exact) mass is 425 g/mol. The molecule has 2 N–H and O–H groups in total. The lowest BCUT2D eigenvalue weighted by molar-refractivity contribution is 0.0946. The Balaban J connectivity index is 1.58. The molecule has 6 nitrogen and oxygen atoms in total. The number of aryl methyl sites for hydroxylation is 1. The smallest absolute Gasteiger partial charge is 0.268 e. The van der Waals surface area contributed by atoms with Crippen LogP contribution < -0.4 is 5.32 Å². The molecule has 0 aliphatic carbocycles. The Morgan fingerprint density at radius 3 is 2.53 bits per heavy atom. The number of fused-ring (bicyclic) bond motifs is 1. The molecule has 2 heterocycles. The Morgan fingerprint density at radius 2 is 1.83 bits per heavy atom. The normalized spacial score (nSPS) is 16.1. The molecule has 0 saturated carbocycles. The van der Waals surface area contributed by atoms with Crippen molar-refractivity contribution >= 4 is 26.8 Å². The Kier molecular flexibility index (Phi) is 5.66. The number of hydrogen-bond acceptors (Lipinski definition) is 3. The van der Waals surface area contributed by atoms with Crippen LogP contribution in [-0.4, -0.2) is 36.7 Å². The van der Waals surface area contributed by atoms with Crippen molar-refractivity contribution < 1.29 is 13.2 Å². The number of piperidine rings is 1. The van der Waals surface area contributed by atoms with E-state index < -0.39 is 10.0 Å². The molecule has 0 spiro atoms. The zero-order valence-electron chi connectivity index (χ0n) is 17.3. The van der Waals surface area contributed by atoms with Crippen molar-refractivity contribution in [2.75, 3.05) is 13.1 Å². The highest BCUT2D eigenvalue weighted by Crippen LogP contribution is 2.28. The number of aromatic amines is 1. The van der Waals surface area contributed by atoms with Gasteiger partial charge in [0.15, 0.2) is 0 Å². The summed E-state index contributed by atoms with van der Waals surface area (Å²) in [6, 6.07) is 14.8. The predicted molar refractivity (Wildman–Crippen MR) is 118 cm³/mol. The minimum absolute atomic E-state index is 0.207. The van der Waals surface area contributed by atoms with Gasteiger partial charge >= 0.3 is 0 Å². The lowest BCUT2D eigenvalue weighted by Gasteiger charge is -2.29. The zero-order valence-corrected chi connectivity index (χ0v) is 18.1. The van der Waals surface area contributed by atoms with Crippen LogP contribution in [0.25, 0.3) is 10.9 Å². The second-order valence-corrected chi connectivity index (χ2v) is 10.0. The van der Waals surface area contributed by atoms with Gasteiger partial charge in [0.25, 0.3) is 5.91 Å². The van der Waals surface area contributed by atoms with E-state index in [2.05, 4.69) is 17.2 Å². The van der Waals surface area contributed by atoms with Crippen LogP contribution in [0.4, 0.5) is 0 Å². The number of carbonyl (C=O) groups excluding carboxylic acids is 1. The third kappa shape index (κ3) is 4.00. The van der Waals surface area contributed by atoms with Crippen LogP contribution >= 0.6 is 0 Å². The van der Waals surface area contributed by atoms with Crippen LogP contribution in [0.5, 0.6) is 0 Å². The van der Waals surface area contributed by atoms with Crippen LogP contribution in [0.1, 0.15) is 41.4 Å². The molecule has 3 aromatic rings. The Bertz CT molecular complexity index is 1160. The summed E-state index contributed by atoms with van der Waals surface area (Å²) < 4.78 is 27.7. The van der Waals surface area contributed by atoms with Gasteiger partial charge in [0.2, 0.25) is 10.0 Å². The summed E-state index contributed by atoms with van der Waals surface area (Å²) in [6.45, 7) is 5.54. The molecule has 2 aromatic carbocycles. The molecule has 0 bridgehead atoms. The molecule has 0 atom stereocenters. The van der Waals surface area contributed by atoms with E-state index in [0.717, 1.165) is 34.9 Å². The van der Waals surface area contributed by atoms with E-state index >= 15 is 0 Å². The molecule has 7 heteroatoms. The highest BCUT2D eigenvalue weighted by molar-refractivity contribution is 7.89. The zero-order chi connectivity index (χ0) is 21.3. The maximum atomic E-state index is 13.1. The molecular formula is C23H27N3O3S. The van der Waals surface area contributed by atoms with Gasteiger partial charge < -0.3 is 10.3 Å². The van der Waals surface area contributed by atoms with Crippen molar-refractivity contribution in [2.45, 2.75) is 38.1 Å². The van der Waals surface area contributed by atoms with Gasteiger partial charge in [-0.05, 0) is 55.0 Å². The molecule has 4 rings (SSSR count). The molecule has 30 heavy (non-hydrogen) atoms. The van der Waals surface area contributed by atoms with Gasteiger partial charge in [-0.2, -0.15) is 4.31 Å². The molecule has 1 fully saturated rings. The molecule has 158 valence electrons. The second-order valence-electron chi connectivity index (χ2n) is 8.09. The average molecular weight is 426 g/mol. The van der Waals surface area contributed by atoms with E-state index in [9.17, 15) is 13.2 Å². The third-order valence-corrected chi connectivity index (χ3v) is 7.83. The van der Waals surface area contributed by atoms with Crippen molar-refractivity contribution in [1.82, 2.24) is 14.6 Å². The third-order valence-electron chi connectivity index (χ3n) is 5.93. The van der Waals surface area contributed by atoms with Crippen LogP contribution in [0, 0.1) is 12.8 Å². The molecule has 1 aliphatic heterocycles. The molecule has 1 saturated heterocycles. The highest BCUT2D eigenvalue weighted by Gasteiger charge is 2.28. The Labute approximate surface area is 177 Å². The summed E-state index contributed by atoms with van der Waals surface area (Å²) >= 11 is 0. The van der Waals surface area contributed by atoms with E-state index in [1.165, 1.54) is 0 Å². The van der Waals surface area contributed by atoms with E-state index in [1.54, 1.807) is 22.5 Å². The highest BCUT2D eigenvalue weighted by atomic mass is 32.2. The molecule has 1 amide bonds. The number of aromatic nitrogens is 1. The van der Waals surface area contributed by atoms with Crippen molar-refractivity contribution in [2.24, 2.45) is 5.92 Å². The fourth-order valence-corrected chi connectivity index (χ4v) is 5.43. The van der Waals surface area contributed by atoms with Crippen LogP contribution in [0.15, 0.2) is 53.4 Å². The molecular weight excluding hydrogens is 398 g/mol. The lowest BCUT2D eigenvalue weighted by atomic mass is 10.0. The average Bonchev–Trinajstić information content (AvgIpc) is 3.09. The number of hydrogen-bond donors (Lipinski definition) is 2. The topological polar surface area (TPSA) is 82.3 Å². The van der Waals surface area contributed by atoms with E-state index in [-0.39, 0.29) is 10.8 Å². The number of sulfonamides is 1. The summed E-state index contributed by atoms with van der Waals surface area (Å²) in [5.41, 5.74) is 2.98. The fraction of sp³-hybridized carbons (Fsp3) is 0.348. The summed E-state index contributed by atoms with van der Waals surface area (Å²) in [5, 5.41) is 3.68. The van der Waals surface area contributed by atoms with Gasteiger partial charge in [0.05, 0.1) is 4.90 Å². The molecule has 1 aromatic heterocycles. The van der Waals surface area contributed by atoms with Crippen molar-refractivity contribution in [3.63, 3.8) is 0 Å². The first-order chi connectivity index (χ1) is 14.4. The maximum absolute atomic E-state index is 13.1.